The van der Waals surface area contributed by atoms with Crippen molar-refractivity contribution in [1.29, 1.82) is 0 Å². The molecular weight excluding hydrogens is 296 g/mol. The third kappa shape index (κ3) is 2.88. The van der Waals surface area contributed by atoms with Gasteiger partial charge >= 0.3 is 0 Å². The molecular formula is C21H26N2O. The van der Waals surface area contributed by atoms with E-state index in [0.29, 0.717) is 18.5 Å². The highest BCUT2D eigenvalue weighted by Crippen LogP contribution is 2.34. The maximum Gasteiger partial charge on any atom is 0.239 e. The van der Waals surface area contributed by atoms with E-state index in [1.807, 2.05) is 0 Å². The Labute approximate surface area is 143 Å². The van der Waals surface area contributed by atoms with Gasteiger partial charge in [0.05, 0.1) is 6.54 Å². The second kappa shape index (κ2) is 6.46. The number of amides is 1. The van der Waals surface area contributed by atoms with Crippen molar-refractivity contribution < 1.29 is 4.79 Å². The van der Waals surface area contributed by atoms with Gasteiger partial charge in [-0.25, -0.2) is 0 Å². The van der Waals surface area contributed by atoms with Gasteiger partial charge in [-0.1, -0.05) is 44.0 Å². The Bertz CT molecular complexity index is 758. The lowest BCUT2D eigenvalue weighted by molar-refractivity contribution is -0.120. The third-order valence-corrected chi connectivity index (χ3v) is 5.77. The molecule has 1 amide bonds. The molecule has 24 heavy (non-hydrogen) atoms. The summed E-state index contributed by atoms with van der Waals surface area (Å²) < 4.78 is 0. The summed E-state index contributed by atoms with van der Waals surface area (Å²) in [6.45, 7) is 2.60. The Kier molecular flexibility index (Phi) is 4.17. The first-order chi connectivity index (χ1) is 11.7. The van der Waals surface area contributed by atoms with E-state index in [1.54, 1.807) is 0 Å². The maximum atomic E-state index is 12.3. The first kappa shape index (κ1) is 15.5. The van der Waals surface area contributed by atoms with Gasteiger partial charge in [0.15, 0.2) is 0 Å². The number of hydrogen-bond acceptors (Lipinski definition) is 2. The van der Waals surface area contributed by atoms with Gasteiger partial charge in [-0.05, 0) is 54.2 Å². The summed E-state index contributed by atoms with van der Waals surface area (Å²) in [5, 5.41) is 9.23. The molecule has 0 heterocycles. The van der Waals surface area contributed by atoms with Gasteiger partial charge in [0.25, 0.3) is 0 Å². The lowest BCUT2D eigenvalue weighted by atomic mass is 9.86. The average molecular weight is 322 g/mol. The molecule has 0 bridgehead atoms. The first-order valence-corrected chi connectivity index (χ1v) is 9.29. The summed E-state index contributed by atoms with van der Waals surface area (Å²) in [6, 6.07) is 11.2. The maximum absolute atomic E-state index is 12.3. The molecule has 0 radical (unpaired) electrons. The lowest BCUT2D eigenvalue weighted by Crippen LogP contribution is -2.43. The number of hydrogen-bond donors (Lipinski definition) is 2. The predicted molar refractivity (Wildman–Crippen MR) is 99.4 cm³/mol. The fourth-order valence-corrected chi connectivity index (χ4v) is 4.36. The van der Waals surface area contributed by atoms with Gasteiger partial charge in [-0.2, -0.15) is 0 Å². The van der Waals surface area contributed by atoms with E-state index in [9.17, 15) is 4.79 Å². The first-order valence-electron chi connectivity index (χ1n) is 9.29. The van der Waals surface area contributed by atoms with E-state index in [4.69, 9.17) is 0 Å². The SMILES string of the molecule is C[C@@H]1CCCC[C@H]1NC(=O)CNc1ccc2c3c(cccc13)CC2. The van der Waals surface area contributed by atoms with Crippen LogP contribution in [0.3, 0.4) is 0 Å². The molecule has 0 saturated heterocycles. The minimum atomic E-state index is 0.108. The summed E-state index contributed by atoms with van der Waals surface area (Å²) in [4.78, 5) is 12.3. The van der Waals surface area contributed by atoms with Crippen molar-refractivity contribution in [1.82, 2.24) is 5.32 Å². The third-order valence-electron chi connectivity index (χ3n) is 5.77. The van der Waals surface area contributed by atoms with Crippen molar-refractivity contribution in [2.75, 3.05) is 11.9 Å². The lowest BCUT2D eigenvalue weighted by Gasteiger charge is -2.29. The number of aryl methyl sites for hydroxylation is 2. The van der Waals surface area contributed by atoms with Gasteiger partial charge < -0.3 is 10.6 Å². The van der Waals surface area contributed by atoms with Crippen LogP contribution in [-0.4, -0.2) is 18.5 Å². The zero-order valence-corrected chi connectivity index (χ0v) is 14.4. The number of carbonyl (C=O) groups excluding carboxylic acids is 1. The van der Waals surface area contributed by atoms with Crippen LogP contribution in [0, 0.1) is 5.92 Å². The average Bonchev–Trinajstić information content (AvgIpc) is 3.01. The molecule has 1 fully saturated rings. The van der Waals surface area contributed by atoms with Crippen molar-refractivity contribution in [2.45, 2.75) is 51.5 Å². The van der Waals surface area contributed by atoms with Crippen LogP contribution in [0.15, 0.2) is 30.3 Å². The van der Waals surface area contributed by atoms with Crippen molar-refractivity contribution in [3.63, 3.8) is 0 Å². The molecule has 126 valence electrons. The Morgan fingerprint density at radius 3 is 2.71 bits per heavy atom. The van der Waals surface area contributed by atoms with Gasteiger partial charge in [-0.3, -0.25) is 4.79 Å². The highest BCUT2D eigenvalue weighted by molar-refractivity contribution is 6.00. The predicted octanol–water partition coefficient (Wildman–Crippen LogP) is 4.05. The van der Waals surface area contributed by atoms with Crippen molar-refractivity contribution in [2.24, 2.45) is 5.92 Å². The largest absolute Gasteiger partial charge is 0.376 e. The fourth-order valence-electron chi connectivity index (χ4n) is 4.36. The molecule has 4 rings (SSSR count). The highest BCUT2D eigenvalue weighted by atomic mass is 16.2. The summed E-state index contributed by atoms with van der Waals surface area (Å²) in [7, 11) is 0. The van der Waals surface area contributed by atoms with E-state index in [0.717, 1.165) is 24.9 Å². The fraction of sp³-hybridized carbons (Fsp3) is 0.476. The Balaban J connectivity index is 1.45. The summed E-state index contributed by atoms with van der Waals surface area (Å²) >= 11 is 0. The van der Waals surface area contributed by atoms with E-state index in [1.165, 1.54) is 41.2 Å². The van der Waals surface area contributed by atoms with Crippen molar-refractivity contribution in [3.8, 4) is 0 Å². The molecule has 2 aliphatic rings. The molecule has 1 saturated carbocycles. The quantitative estimate of drug-likeness (QED) is 0.892. The normalized spacial score (nSPS) is 22.5. The highest BCUT2D eigenvalue weighted by Gasteiger charge is 2.22. The minimum absolute atomic E-state index is 0.108. The van der Waals surface area contributed by atoms with E-state index in [2.05, 4.69) is 47.9 Å². The Morgan fingerprint density at radius 1 is 1.08 bits per heavy atom. The number of nitrogens with one attached hydrogen (secondary N) is 2. The van der Waals surface area contributed by atoms with Crippen LogP contribution in [0.4, 0.5) is 5.69 Å². The molecule has 2 aliphatic carbocycles. The number of anilines is 1. The number of carbonyl (C=O) groups is 1. The van der Waals surface area contributed by atoms with Crippen LogP contribution < -0.4 is 10.6 Å². The second-order valence-corrected chi connectivity index (χ2v) is 7.40. The molecule has 0 aliphatic heterocycles. The van der Waals surface area contributed by atoms with Gasteiger partial charge in [0, 0.05) is 17.1 Å². The molecule has 2 atom stereocenters. The smallest absolute Gasteiger partial charge is 0.239 e. The van der Waals surface area contributed by atoms with Gasteiger partial charge in [0.2, 0.25) is 5.91 Å². The molecule has 0 spiro atoms. The van der Waals surface area contributed by atoms with Crippen molar-refractivity contribution in [3.05, 3.63) is 41.5 Å². The molecule has 3 heteroatoms. The van der Waals surface area contributed by atoms with E-state index in [-0.39, 0.29) is 5.91 Å². The topological polar surface area (TPSA) is 41.1 Å². The molecule has 2 N–H and O–H groups in total. The Morgan fingerprint density at radius 2 is 1.88 bits per heavy atom. The van der Waals surface area contributed by atoms with Crippen LogP contribution in [0.1, 0.15) is 43.7 Å². The van der Waals surface area contributed by atoms with Crippen LogP contribution >= 0.6 is 0 Å². The zero-order chi connectivity index (χ0) is 16.5. The molecule has 2 aromatic rings. The van der Waals surface area contributed by atoms with E-state index < -0.39 is 0 Å². The van der Waals surface area contributed by atoms with E-state index >= 15 is 0 Å². The van der Waals surface area contributed by atoms with Gasteiger partial charge in [-0.15, -0.1) is 0 Å². The molecule has 0 unspecified atom stereocenters. The summed E-state index contributed by atoms with van der Waals surface area (Å²) in [5.41, 5.74) is 3.95. The number of rotatable bonds is 4. The zero-order valence-electron chi connectivity index (χ0n) is 14.4. The minimum Gasteiger partial charge on any atom is -0.376 e. The van der Waals surface area contributed by atoms with Crippen LogP contribution in [0.2, 0.25) is 0 Å². The molecule has 3 nitrogen and oxygen atoms in total. The molecule has 0 aromatic heterocycles. The molecule has 2 aromatic carbocycles. The summed E-state index contributed by atoms with van der Waals surface area (Å²) in [6.07, 6.45) is 7.15. The standard InChI is InChI=1S/C21H26N2O/c1-14-5-2-3-8-18(14)23-20(24)13-22-19-12-11-16-10-9-15-6-4-7-17(19)21(15)16/h4,6-7,11-12,14,18,22H,2-3,5,8-10,13H2,1H3,(H,23,24)/t14-,18-/m1/s1. The monoisotopic (exact) mass is 322 g/mol. The van der Waals surface area contributed by atoms with Crippen LogP contribution in [0.5, 0.6) is 0 Å². The number of benzene rings is 2. The second-order valence-electron chi connectivity index (χ2n) is 7.40. The Hall–Kier alpha value is -2.03. The van der Waals surface area contributed by atoms with Crippen LogP contribution in [-0.2, 0) is 17.6 Å². The summed E-state index contributed by atoms with van der Waals surface area (Å²) in [5.74, 6) is 0.705. The van der Waals surface area contributed by atoms with Crippen molar-refractivity contribution >= 4 is 22.4 Å². The van der Waals surface area contributed by atoms with Gasteiger partial charge in [0.1, 0.15) is 0 Å². The van der Waals surface area contributed by atoms with Crippen LogP contribution in [0.25, 0.3) is 10.8 Å².